The van der Waals surface area contributed by atoms with Crippen molar-refractivity contribution in [2.75, 3.05) is 7.11 Å². The summed E-state index contributed by atoms with van der Waals surface area (Å²) in [4.78, 5) is 12.2. The molecule has 3 aliphatic rings. The van der Waals surface area contributed by atoms with Gasteiger partial charge < -0.3 is 4.74 Å². The second-order valence-corrected chi connectivity index (χ2v) is 8.09. The van der Waals surface area contributed by atoms with Gasteiger partial charge in [-0.15, -0.1) is 0 Å². The van der Waals surface area contributed by atoms with Gasteiger partial charge in [-0.1, -0.05) is 20.8 Å². The van der Waals surface area contributed by atoms with Crippen molar-refractivity contribution >= 4 is 5.78 Å². The normalized spacial score (nSPS) is 50.1. The van der Waals surface area contributed by atoms with Crippen LogP contribution >= 0.6 is 0 Å². The summed E-state index contributed by atoms with van der Waals surface area (Å²) in [6, 6.07) is 0. The lowest BCUT2D eigenvalue weighted by Gasteiger charge is -2.58. The van der Waals surface area contributed by atoms with Gasteiger partial charge in [-0.25, -0.2) is 0 Å². The van der Waals surface area contributed by atoms with Crippen molar-refractivity contribution in [3.05, 3.63) is 0 Å². The summed E-state index contributed by atoms with van der Waals surface area (Å²) in [6.45, 7) is 7.07. The van der Waals surface area contributed by atoms with Gasteiger partial charge in [0, 0.05) is 20.0 Å². The van der Waals surface area contributed by atoms with Crippen molar-refractivity contribution in [3.8, 4) is 0 Å². The van der Waals surface area contributed by atoms with E-state index < -0.39 is 0 Å². The fourth-order valence-corrected chi connectivity index (χ4v) is 5.35. The summed E-state index contributed by atoms with van der Waals surface area (Å²) in [5.41, 5.74) is 0.507. The van der Waals surface area contributed by atoms with Gasteiger partial charge in [-0.05, 0) is 48.3 Å². The zero-order valence-corrected chi connectivity index (χ0v) is 12.2. The van der Waals surface area contributed by atoms with Crippen LogP contribution in [0.15, 0.2) is 0 Å². The largest absolute Gasteiger partial charge is 0.377 e. The van der Waals surface area contributed by atoms with Gasteiger partial charge in [0.15, 0.2) is 0 Å². The monoisotopic (exact) mass is 250 g/mol. The van der Waals surface area contributed by atoms with Crippen LogP contribution in [0.4, 0.5) is 0 Å². The Balaban J connectivity index is 1.99. The Bertz CT molecular complexity index is 387. The molecule has 0 amide bonds. The van der Waals surface area contributed by atoms with Crippen LogP contribution in [-0.2, 0) is 9.53 Å². The number of Topliss-reactive ketones (excluding diaryl/α,β-unsaturated/α-hetero) is 1. The lowest BCUT2D eigenvalue weighted by atomic mass is 9.49. The Hall–Kier alpha value is -0.370. The predicted octanol–water partition coefficient (Wildman–Crippen LogP) is 3.59. The first-order valence-electron chi connectivity index (χ1n) is 7.37. The number of rotatable bonds is 1. The summed E-state index contributed by atoms with van der Waals surface area (Å²) in [6.07, 6.45) is 6.25. The van der Waals surface area contributed by atoms with E-state index in [4.69, 9.17) is 4.74 Å². The molecule has 0 heterocycles. The third-order valence-corrected chi connectivity index (χ3v) is 6.22. The van der Waals surface area contributed by atoms with E-state index >= 15 is 0 Å². The Morgan fingerprint density at radius 2 is 1.89 bits per heavy atom. The zero-order valence-electron chi connectivity index (χ0n) is 12.2. The van der Waals surface area contributed by atoms with Gasteiger partial charge in [0.25, 0.3) is 0 Å². The summed E-state index contributed by atoms with van der Waals surface area (Å²) in [5, 5.41) is 0. The summed E-state index contributed by atoms with van der Waals surface area (Å²) < 4.78 is 5.97. The average Bonchev–Trinajstić information content (AvgIpc) is 2.31. The second kappa shape index (κ2) is 3.59. The molecule has 3 aliphatic carbocycles. The van der Waals surface area contributed by atoms with Crippen molar-refractivity contribution in [1.29, 1.82) is 0 Å². The Labute approximate surface area is 110 Å². The molecule has 4 atom stereocenters. The third kappa shape index (κ3) is 1.61. The van der Waals surface area contributed by atoms with Gasteiger partial charge in [0.05, 0.1) is 5.60 Å². The smallest absolute Gasteiger partial charge is 0.136 e. The van der Waals surface area contributed by atoms with E-state index in [2.05, 4.69) is 20.8 Å². The molecule has 0 aromatic carbocycles. The van der Waals surface area contributed by atoms with Gasteiger partial charge in [0.2, 0.25) is 0 Å². The number of carbonyl (C=O) groups excluding carboxylic acids is 1. The Kier molecular flexibility index (Phi) is 2.53. The molecule has 3 saturated carbocycles. The van der Waals surface area contributed by atoms with Crippen molar-refractivity contribution in [2.24, 2.45) is 22.7 Å². The molecule has 0 aromatic heterocycles. The first kappa shape index (κ1) is 12.7. The number of hydrogen-bond donors (Lipinski definition) is 0. The highest BCUT2D eigenvalue weighted by Gasteiger charge is 2.62. The van der Waals surface area contributed by atoms with E-state index in [0.29, 0.717) is 23.5 Å². The van der Waals surface area contributed by atoms with Gasteiger partial charge in [-0.2, -0.15) is 0 Å². The standard InChI is InChI=1S/C16H26O2/c1-14(2)9-13-12(14)5-6-15(3)7-11(17)8-16(13,10-15)18-4/h12-13H,5-10H2,1-4H3/t12-,13-,15?,16?/m0/s1. The number of ketones is 1. The van der Waals surface area contributed by atoms with Gasteiger partial charge in [0.1, 0.15) is 5.78 Å². The topological polar surface area (TPSA) is 26.3 Å². The number of ether oxygens (including phenoxy) is 1. The quantitative estimate of drug-likeness (QED) is 0.711. The van der Waals surface area contributed by atoms with Crippen LogP contribution in [-0.4, -0.2) is 18.5 Å². The second-order valence-electron chi connectivity index (χ2n) is 8.09. The van der Waals surface area contributed by atoms with E-state index in [1.165, 1.54) is 19.3 Å². The predicted molar refractivity (Wildman–Crippen MR) is 71.3 cm³/mol. The van der Waals surface area contributed by atoms with Crippen LogP contribution < -0.4 is 0 Å². The molecule has 0 spiro atoms. The van der Waals surface area contributed by atoms with Gasteiger partial charge >= 0.3 is 0 Å². The molecule has 2 unspecified atom stereocenters. The number of fused-ring (bicyclic) bond motifs is 4. The molecule has 0 saturated heterocycles. The molecule has 0 aromatic rings. The minimum Gasteiger partial charge on any atom is -0.377 e. The van der Waals surface area contributed by atoms with Gasteiger partial charge in [-0.3, -0.25) is 4.79 Å². The van der Waals surface area contributed by atoms with E-state index in [0.717, 1.165) is 18.8 Å². The number of carbonyl (C=O) groups is 1. The molecule has 3 rings (SSSR count). The maximum Gasteiger partial charge on any atom is 0.136 e. The first-order chi connectivity index (χ1) is 8.30. The van der Waals surface area contributed by atoms with Crippen LogP contribution in [0.3, 0.4) is 0 Å². The Morgan fingerprint density at radius 1 is 1.17 bits per heavy atom. The number of methoxy groups -OCH3 is 1. The molecular formula is C16H26O2. The highest BCUT2D eigenvalue weighted by atomic mass is 16.5. The molecular weight excluding hydrogens is 224 g/mol. The molecule has 18 heavy (non-hydrogen) atoms. The maximum absolute atomic E-state index is 12.2. The fourth-order valence-electron chi connectivity index (χ4n) is 5.35. The minimum absolute atomic E-state index is 0.138. The summed E-state index contributed by atoms with van der Waals surface area (Å²) in [5.74, 6) is 1.80. The Morgan fingerprint density at radius 3 is 2.50 bits per heavy atom. The van der Waals surface area contributed by atoms with Crippen molar-refractivity contribution < 1.29 is 9.53 Å². The lowest BCUT2D eigenvalue weighted by molar-refractivity contribution is -0.181. The van der Waals surface area contributed by atoms with E-state index in [-0.39, 0.29) is 11.0 Å². The molecule has 3 fully saturated rings. The summed E-state index contributed by atoms with van der Waals surface area (Å²) >= 11 is 0. The third-order valence-electron chi connectivity index (χ3n) is 6.22. The van der Waals surface area contributed by atoms with E-state index in [1.54, 1.807) is 0 Å². The lowest BCUT2D eigenvalue weighted by Crippen LogP contribution is -2.58. The SMILES string of the molecule is COC12CC(=O)CC(C)(CC[C@H]3[C@@H]1CC3(C)C)C2. The maximum atomic E-state index is 12.2. The molecule has 0 N–H and O–H groups in total. The highest BCUT2D eigenvalue weighted by Crippen LogP contribution is 2.65. The number of hydrogen-bond acceptors (Lipinski definition) is 2. The van der Waals surface area contributed by atoms with Crippen molar-refractivity contribution in [2.45, 2.75) is 64.9 Å². The molecule has 2 nitrogen and oxygen atoms in total. The minimum atomic E-state index is -0.138. The van der Waals surface area contributed by atoms with Crippen LogP contribution in [0.25, 0.3) is 0 Å². The van der Waals surface area contributed by atoms with Crippen LogP contribution in [0, 0.1) is 22.7 Å². The van der Waals surface area contributed by atoms with Crippen molar-refractivity contribution in [1.82, 2.24) is 0 Å². The average molecular weight is 250 g/mol. The highest BCUT2D eigenvalue weighted by molar-refractivity contribution is 5.81. The molecule has 0 radical (unpaired) electrons. The fraction of sp³-hybridized carbons (Fsp3) is 0.938. The van der Waals surface area contributed by atoms with Crippen LogP contribution in [0.1, 0.15) is 59.3 Å². The van der Waals surface area contributed by atoms with Crippen LogP contribution in [0.2, 0.25) is 0 Å². The summed E-state index contributed by atoms with van der Waals surface area (Å²) in [7, 11) is 1.83. The molecule has 2 heteroatoms. The molecule has 0 aliphatic heterocycles. The molecule has 102 valence electrons. The van der Waals surface area contributed by atoms with Crippen LogP contribution in [0.5, 0.6) is 0 Å². The van der Waals surface area contributed by atoms with E-state index in [1.807, 2.05) is 7.11 Å². The van der Waals surface area contributed by atoms with Crippen molar-refractivity contribution in [3.63, 3.8) is 0 Å². The first-order valence-corrected chi connectivity index (χ1v) is 7.37. The zero-order chi connectivity index (χ0) is 13.2. The van der Waals surface area contributed by atoms with E-state index in [9.17, 15) is 4.79 Å². The molecule has 2 bridgehead atoms.